The Morgan fingerprint density at radius 1 is 1.07 bits per heavy atom. The molecule has 10 nitrogen and oxygen atoms in total. The van der Waals surface area contributed by atoms with Crippen LogP contribution in [0, 0.1) is 0 Å². The topological polar surface area (TPSA) is 137 Å². The average molecular weight is 397 g/mol. The SMILES string of the molecule is CC(C)(C)OC(=O)C[C@H](NC(=O)Cn1ccc(=O)[nH]c1=O)C(=O)OC(C)(C)C. The lowest BCUT2D eigenvalue weighted by atomic mass is 10.1. The Morgan fingerprint density at radius 2 is 1.64 bits per heavy atom. The van der Waals surface area contributed by atoms with E-state index in [-0.39, 0.29) is 0 Å². The minimum absolute atomic E-state index is 0.432. The van der Waals surface area contributed by atoms with Crippen LogP contribution in [0.2, 0.25) is 0 Å². The Morgan fingerprint density at radius 3 is 2.14 bits per heavy atom. The van der Waals surface area contributed by atoms with Crippen LogP contribution in [0.1, 0.15) is 48.0 Å². The third-order valence-electron chi connectivity index (χ3n) is 3.03. The van der Waals surface area contributed by atoms with Crippen LogP contribution in [0.4, 0.5) is 0 Å². The Bertz CT molecular complexity index is 840. The highest BCUT2D eigenvalue weighted by Crippen LogP contribution is 2.13. The maximum absolute atomic E-state index is 12.4. The second-order valence-corrected chi connectivity index (χ2v) is 8.18. The minimum Gasteiger partial charge on any atom is -0.460 e. The smallest absolute Gasteiger partial charge is 0.329 e. The van der Waals surface area contributed by atoms with Crippen LogP contribution in [0.15, 0.2) is 21.9 Å². The van der Waals surface area contributed by atoms with Gasteiger partial charge in [-0.05, 0) is 41.5 Å². The van der Waals surface area contributed by atoms with Gasteiger partial charge in [-0.25, -0.2) is 9.59 Å². The summed E-state index contributed by atoms with van der Waals surface area (Å²) in [7, 11) is 0. The summed E-state index contributed by atoms with van der Waals surface area (Å²) in [5.41, 5.74) is -2.96. The summed E-state index contributed by atoms with van der Waals surface area (Å²) in [6, 6.07) is -0.208. The van der Waals surface area contributed by atoms with E-state index < -0.39 is 59.3 Å². The van der Waals surface area contributed by atoms with Crippen molar-refractivity contribution in [1.29, 1.82) is 0 Å². The van der Waals surface area contributed by atoms with Crippen molar-refractivity contribution in [3.8, 4) is 0 Å². The summed E-state index contributed by atoms with van der Waals surface area (Å²) in [6.45, 7) is 9.52. The molecule has 1 rings (SSSR count). The van der Waals surface area contributed by atoms with E-state index in [2.05, 4.69) is 5.32 Å². The number of amides is 1. The number of hydrogen-bond acceptors (Lipinski definition) is 7. The first-order valence-corrected chi connectivity index (χ1v) is 8.70. The van der Waals surface area contributed by atoms with Gasteiger partial charge in [-0.1, -0.05) is 0 Å². The molecule has 10 heteroatoms. The predicted octanol–water partition coefficient (Wildman–Crippen LogP) is 0.0949. The molecule has 156 valence electrons. The van der Waals surface area contributed by atoms with Crippen LogP contribution in [0.25, 0.3) is 0 Å². The van der Waals surface area contributed by atoms with Gasteiger partial charge in [0, 0.05) is 12.3 Å². The van der Waals surface area contributed by atoms with E-state index in [1.165, 1.54) is 0 Å². The molecule has 1 aromatic heterocycles. The molecule has 2 N–H and O–H groups in total. The van der Waals surface area contributed by atoms with Crippen molar-refractivity contribution in [1.82, 2.24) is 14.9 Å². The average Bonchev–Trinajstić information content (AvgIpc) is 2.45. The number of carbonyl (C=O) groups excluding carboxylic acids is 3. The fourth-order valence-corrected chi connectivity index (χ4v) is 2.08. The van der Waals surface area contributed by atoms with Gasteiger partial charge in [0.1, 0.15) is 23.8 Å². The molecule has 0 unspecified atom stereocenters. The Kier molecular flexibility index (Phi) is 7.31. The number of esters is 2. The summed E-state index contributed by atoms with van der Waals surface area (Å²) in [5.74, 6) is -2.21. The Labute approximate surface area is 162 Å². The molecule has 1 amide bonds. The van der Waals surface area contributed by atoms with E-state index in [1.54, 1.807) is 41.5 Å². The monoisotopic (exact) mass is 397 g/mol. The minimum atomic E-state index is -1.29. The maximum atomic E-state index is 12.4. The third-order valence-corrected chi connectivity index (χ3v) is 3.03. The lowest BCUT2D eigenvalue weighted by Gasteiger charge is -2.25. The van der Waals surface area contributed by atoms with Gasteiger partial charge in [0.05, 0.1) is 6.42 Å². The molecule has 0 spiro atoms. The van der Waals surface area contributed by atoms with Crippen LogP contribution < -0.4 is 16.6 Å². The number of hydrogen-bond donors (Lipinski definition) is 2. The molecule has 1 atom stereocenters. The first kappa shape index (κ1) is 23.1. The lowest BCUT2D eigenvalue weighted by Crippen LogP contribution is -2.47. The molecule has 0 fully saturated rings. The van der Waals surface area contributed by atoms with Crippen molar-refractivity contribution < 1.29 is 23.9 Å². The number of H-pyrrole nitrogens is 1. The fourth-order valence-electron chi connectivity index (χ4n) is 2.08. The molecule has 0 aromatic carbocycles. The summed E-state index contributed by atoms with van der Waals surface area (Å²) in [4.78, 5) is 61.5. The first-order valence-electron chi connectivity index (χ1n) is 8.70. The molecule has 0 aliphatic carbocycles. The summed E-state index contributed by atoms with van der Waals surface area (Å²) < 4.78 is 11.4. The standard InChI is InChI=1S/C18H27N3O7/c1-17(2,3)27-14(24)9-11(15(25)28-18(4,5)6)19-13(23)10-21-8-7-12(22)20-16(21)26/h7-8,11H,9-10H2,1-6H3,(H,19,23)(H,20,22,26)/t11-/m0/s1. The fraction of sp³-hybridized carbons (Fsp3) is 0.611. The van der Waals surface area contributed by atoms with Gasteiger partial charge in [0.25, 0.3) is 5.56 Å². The van der Waals surface area contributed by atoms with E-state index in [4.69, 9.17) is 9.47 Å². The van der Waals surface area contributed by atoms with Gasteiger partial charge in [0.15, 0.2) is 0 Å². The Balaban J connectivity index is 2.92. The molecule has 1 heterocycles. The molecule has 0 saturated heterocycles. The number of nitrogens with zero attached hydrogens (tertiary/aromatic N) is 1. The number of ether oxygens (including phenoxy) is 2. The van der Waals surface area contributed by atoms with Crippen LogP contribution in [0.3, 0.4) is 0 Å². The molecular formula is C18H27N3O7. The van der Waals surface area contributed by atoms with E-state index in [1.807, 2.05) is 4.98 Å². The van der Waals surface area contributed by atoms with Gasteiger partial charge in [-0.2, -0.15) is 0 Å². The first-order chi connectivity index (χ1) is 12.7. The van der Waals surface area contributed by atoms with E-state index in [9.17, 15) is 24.0 Å². The van der Waals surface area contributed by atoms with Gasteiger partial charge in [0.2, 0.25) is 5.91 Å². The molecule has 0 radical (unpaired) electrons. The number of carbonyl (C=O) groups is 3. The zero-order chi connectivity index (χ0) is 21.7. The molecular weight excluding hydrogens is 370 g/mol. The second kappa shape index (κ2) is 8.85. The summed E-state index contributed by atoms with van der Waals surface area (Å²) in [6.07, 6.45) is 0.718. The van der Waals surface area contributed by atoms with Crippen molar-refractivity contribution in [2.24, 2.45) is 0 Å². The number of nitrogens with one attached hydrogen (secondary N) is 2. The van der Waals surface area contributed by atoms with Crippen LogP contribution in [-0.2, 0) is 30.4 Å². The van der Waals surface area contributed by atoms with Gasteiger partial charge in [-0.15, -0.1) is 0 Å². The zero-order valence-corrected chi connectivity index (χ0v) is 17.0. The molecule has 1 aromatic rings. The van der Waals surface area contributed by atoms with Crippen molar-refractivity contribution in [3.05, 3.63) is 33.1 Å². The number of rotatable bonds is 6. The van der Waals surface area contributed by atoms with Crippen molar-refractivity contribution in [2.75, 3.05) is 0 Å². The van der Waals surface area contributed by atoms with Crippen molar-refractivity contribution in [2.45, 2.75) is 71.8 Å². The quantitative estimate of drug-likeness (QED) is 0.649. The number of aromatic nitrogens is 2. The maximum Gasteiger partial charge on any atom is 0.329 e. The molecule has 0 bridgehead atoms. The van der Waals surface area contributed by atoms with Gasteiger partial charge >= 0.3 is 17.6 Å². The summed E-state index contributed by atoms with van der Waals surface area (Å²) >= 11 is 0. The van der Waals surface area contributed by atoms with Crippen LogP contribution in [-0.4, -0.2) is 44.6 Å². The van der Waals surface area contributed by atoms with Gasteiger partial charge in [-0.3, -0.25) is 23.9 Å². The third kappa shape index (κ3) is 8.65. The van der Waals surface area contributed by atoms with E-state index in [0.29, 0.717) is 0 Å². The Hall–Kier alpha value is -2.91. The van der Waals surface area contributed by atoms with Crippen LogP contribution >= 0.6 is 0 Å². The van der Waals surface area contributed by atoms with Crippen molar-refractivity contribution in [3.63, 3.8) is 0 Å². The second-order valence-electron chi connectivity index (χ2n) is 8.18. The molecule has 0 saturated carbocycles. The highest BCUT2D eigenvalue weighted by Gasteiger charge is 2.30. The van der Waals surface area contributed by atoms with Crippen LogP contribution in [0.5, 0.6) is 0 Å². The largest absolute Gasteiger partial charge is 0.460 e. The lowest BCUT2D eigenvalue weighted by molar-refractivity contribution is -0.165. The number of aromatic amines is 1. The predicted molar refractivity (Wildman–Crippen MR) is 99.6 cm³/mol. The summed E-state index contributed by atoms with van der Waals surface area (Å²) in [5, 5.41) is 2.38. The van der Waals surface area contributed by atoms with E-state index in [0.717, 1.165) is 16.8 Å². The highest BCUT2D eigenvalue weighted by molar-refractivity contribution is 5.88. The zero-order valence-electron chi connectivity index (χ0n) is 17.0. The van der Waals surface area contributed by atoms with Crippen molar-refractivity contribution >= 4 is 17.8 Å². The van der Waals surface area contributed by atoms with Gasteiger partial charge < -0.3 is 14.8 Å². The van der Waals surface area contributed by atoms with E-state index >= 15 is 0 Å². The molecule has 28 heavy (non-hydrogen) atoms. The molecule has 0 aliphatic rings. The highest BCUT2D eigenvalue weighted by atomic mass is 16.6. The normalized spacial score (nSPS) is 12.8. The molecule has 0 aliphatic heterocycles.